The van der Waals surface area contributed by atoms with Gasteiger partial charge in [-0.1, -0.05) is 0 Å². The number of anilines is 1. The van der Waals surface area contributed by atoms with E-state index < -0.39 is 6.17 Å². The molecular formula is C12H20FN5O. The zero-order valence-electron chi connectivity index (χ0n) is 11.2. The van der Waals surface area contributed by atoms with Crippen LogP contribution < -0.4 is 16.0 Å². The number of aromatic nitrogens is 2. The van der Waals surface area contributed by atoms with E-state index in [1.807, 2.05) is 13.8 Å². The second-order valence-corrected chi connectivity index (χ2v) is 5.08. The average molecular weight is 269 g/mol. The summed E-state index contributed by atoms with van der Waals surface area (Å²) in [6.45, 7) is 4.81. The van der Waals surface area contributed by atoms with Crippen LogP contribution in [-0.2, 0) is 0 Å². The Morgan fingerprint density at radius 3 is 3.05 bits per heavy atom. The van der Waals surface area contributed by atoms with E-state index in [1.165, 1.54) is 0 Å². The molecule has 0 aliphatic carbocycles. The van der Waals surface area contributed by atoms with E-state index in [0.29, 0.717) is 25.2 Å². The van der Waals surface area contributed by atoms with Crippen LogP contribution >= 0.6 is 0 Å². The van der Waals surface area contributed by atoms with E-state index in [2.05, 4.69) is 21.0 Å². The average Bonchev–Trinajstić information content (AvgIpc) is 2.96. The molecular weight excluding hydrogens is 249 g/mol. The predicted octanol–water partition coefficient (Wildman–Crippen LogP) is 1.29. The first-order chi connectivity index (χ1) is 9.04. The zero-order chi connectivity index (χ0) is 13.8. The van der Waals surface area contributed by atoms with E-state index in [0.717, 1.165) is 0 Å². The Labute approximate surface area is 111 Å². The zero-order valence-corrected chi connectivity index (χ0v) is 11.2. The molecule has 1 saturated heterocycles. The summed E-state index contributed by atoms with van der Waals surface area (Å²) in [4.78, 5) is 11.6. The first-order valence-corrected chi connectivity index (χ1v) is 6.51. The van der Waals surface area contributed by atoms with Crippen LogP contribution in [0.15, 0.2) is 12.4 Å². The lowest BCUT2D eigenvalue weighted by molar-refractivity contribution is 0.251. The predicted molar refractivity (Wildman–Crippen MR) is 70.9 cm³/mol. The van der Waals surface area contributed by atoms with Gasteiger partial charge in [0.05, 0.1) is 11.9 Å². The van der Waals surface area contributed by atoms with Crippen molar-refractivity contribution in [3.63, 3.8) is 0 Å². The Hall–Kier alpha value is -1.63. The van der Waals surface area contributed by atoms with Crippen LogP contribution in [0, 0.1) is 0 Å². The molecule has 0 radical (unpaired) electrons. The molecule has 0 unspecified atom stereocenters. The van der Waals surface area contributed by atoms with Crippen molar-refractivity contribution in [2.45, 2.75) is 38.5 Å². The van der Waals surface area contributed by atoms with Crippen molar-refractivity contribution in [2.24, 2.45) is 0 Å². The number of carbonyl (C=O) groups is 1. The standard InChI is InChI=1S/C12H20FN5O/c1-8(2)18-7-11(6-16-18)17-12(19)15-5-10-3-9(13)4-14-10/h6-10,14H,3-5H2,1-2H3,(H2,15,17,19)/t9-,10-/m0/s1. The van der Waals surface area contributed by atoms with Crippen LogP contribution in [0.4, 0.5) is 14.9 Å². The van der Waals surface area contributed by atoms with Gasteiger partial charge < -0.3 is 16.0 Å². The van der Waals surface area contributed by atoms with Crippen molar-refractivity contribution in [2.75, 3.05) is 18.4 Å². The normalized spacial score (nSPS) is 22.7. The minimum atomic E-state index is -0.806. The molecule has 7 heteroatoms. The van der Waals surface area contributed by atoms with Gasteiger partial charge in [-0.05, 0) is 20.3 Å². The van der Waals surface area contributed by atoms with Crippen LogP contribution in [0.25, 0.3) is 0 Å². The lowest BCUT2D eigenvalue weighted by atomic mass is 10.2. The van der Waals surface area contributed by atoms with Crippen LogP contribution in [0.1, 0.15) is 26.3 Å². The Balaban J connectivity index is 1.74. The van der Waals surface area contributed by atoms with Gasteiger partial charge in [0.2, 0.25) is 0 Å². The van der Waals surface area contributed by atoms with Crippen LogP contribution in [-0.4, -0.2) is 41.1 Å². The van der Waals surface area contributed by atoms with Gasteiger partial charge in [0.1, 0.15) is 6.17 Å². The minimum Gasteiger partial charge on any atom is -0.336 e. The monoisotopic (exact) mass is 269 g/mol. The van der Waals surface area contributed by atoms with E-state index in [9.17, 15) is 9.18 Å². The maximum atomic E-state index is 12.9. The summed E-state index contributed by atoms with van der Waals surface area (Å²) >= 11 is 0. The number of alkyl halides is 1. The number of nitrogens with zero attached hydrogens (tertiary/aromatic N) is 2. The summed E-state index contributed by atoms with van der Waals surface area (Å²) in [5.74, 6) is 0. The third kappa shape index (κ3) is 3.92. The number of amides is 2. The molecule has 1 fully saturated rings. The minimum absolute atomic E-state index is 0.0131. The first-order valence-electron chi connectivity index (χ1n) is 6.51. The molecule has 1 aromatic rings. The lowest BCUT2D eigenvalue weighted by Crippen LogP contribution is -2.39. The number of urea groups is 1. The molecule has 0 spiro atoms. The van der Waals surface area contributed by atoms with Gasteiger partial charge in [-0.25, -0.2) is 9.18 Å². The van der Waals surface area contributed by atoms with Crippen molar-refractivity contribution >= 4 is 11.7 Å². The SMILES string of the molecule is CC(C)n1cc(NC(=O)NC[C@@H]2C[C@H](F)CN2)cn1. The Bertz CT molecular complexity index is 434. The highest BCUT2D eigenvalue weighted by Crippen LogP contribution is 2.10. The molecule has 0 bridgehead atoms. The molecule has 106 valence electrons. The second-order valence-electron chi connectivity index (χ2n) is 5.08. The first kappa shape index (κ1) is 13.8. The van der Waals surface area contributed by atoms with Crippen molar-refractivity contribution in [3.05, 3.63) is 12.4 Å². The van der Waals surface area contributed by atoms with Crippen molar-refractivity contribution in [3.8, 4) is 0 Å². The van der Waals surface area contributed by atoms with Gasteiger partial charge in [-0.2, -0.15) is 5.10 Å². The number of carbonyl (C=O) groups excluding carboxylic acids is 1. The van der Waals surface area contributed by atoms with Gasteiger partial charge in [0.15, 0.2) is 0 Å². The molecule has 2 heterocycles. The largest absolute Gasteiger partial charge is 0.336 e. The highest BCUT2D eigenvalue weighted by atomic mass is 19.1. The Kier molecular flexibility index (Phi) is 4.36. The third-order valence-corrected chi connectivity index (χ3v) is 3.07. The van der Waals surface area contributed by atoms with Gasteiger partial charge in [0.25, 0.3) is 0 Å². The second kappa shape index (κ2) is 6.01. The molecule has 0 saturated carbocycles. The summed E-state index contributed by atoms with van der Waals surface area (Å²) < 4.78 is 14.7. The molecule has 2 atom stereocenters. The highest BCUT2D eigenvalue weighted by molar-refractivity contribution is 5.88. The van der Waals surface area contributed by atoms with E-state index in [4.69, 9.17) is 0 Å². The fraction of sp³-hybridized carbons (Fsp3) is 0.667. The lowest BCUT2D eigenvalue weighted by Gasteiger charge is -2.11. The number of halogens is 1. The highest BCUT2D eigenvalue weighted by Gasteiger charge is 2.23. The van der Waals surface area contributed by atoms with Crippen LogP contribution in [0.2, 0.25) is 0 Å². The van der Waals surface area contributed by atoms with Gasteiger partial charge in [-0.3, -0.25) is 4.68 Å². The van der Waals surface area contributed by atoms with Crippen LogP contribution in [0.5, 0.6) is 0 Å². The molecule has 2 amide bonds. The van der Waals surface area contributed by atoms with E-state index in [1.54, 1.807) is 17.1 Å². The fourth-order valence-electron chi connectivity index (χ4n) is 2.00. The number of rotatable bonds is 4. The maximum absolute atomic E-state index is 12.9. The third-order valence-electron chi connectivity index (χ3n) is 3.07. The van der Waals surface area contributed by atoms with Crippen molar-refractivity contribution < 1.29 is 9.18 Å². The number of nitrogens with one attached hydrogen (secondary N) is 3. The molecule has 6 nitrogen and oxygen atoms in total. The Morgan fingerprint density at radius 2 is 2.47 bits per heavy atom. The molecule has 1 aromatic heterocycles. The molecule has 1 aliphatic rings. The smallest absolute Gasteiger partial charge is 0.319 e. The number of hydrogen-bond donors (Lipinski definition) is 3. The summed E-state index contributed by atoms with van der Waals surface area (Å²) in [5, 5.41) is 12.6. The molecule has 1 aliphatic heterocycles. The van der Waals surface area contributed by atoms with Gasteiger partial charge in [0, 0.05) is 31.4 Å². The fourth-order valence-corrected chi connectivity index (χ4v) is 2.00. The molecule has 0 aromatic carbocycles. The van der Waals surface area contributed by atoms with Crippen molar-refractivity contribution in [1.29, 1.82) is 0 Å². The quantitative estimate of drug-likeness (QED) is 0.771. The topological polar surface area (TPSA) is 71.0 Å². The van der Waals surface area contributed by atoms with E-state index >= 15 is 0 Å². The Morgan fingerprint density at radius 1 is 1.68 bits per heavy atom. The molecule has 19 heavy (non-hydrogen) atoms. The summed E-state index contributed by atoms with van der Waals surface area (Å²) in [7, 11) is 0. The van der Waals surface area contributed by atoms with Crippen molar-refractivity contribution in [1.82, 2.24) is 20.4 Å². The molecule has 3 N–H and O–H groups in total. The number of hydrogen-bond acceptors (Lipinski definition) is 3. The molecule has 2 rings (SSSR count). The van der Waals surface area contributed by atoms with Gasteiger partial charge in [-0.15, -0.1) is 0 Å². The van der Waals surface area contributed by atoms with Gasteiger partial charge >= 0.3 is 6.03 Å². The van der Waals surface area contributed by atoms with Crippen LogP contribution in [0.3, 0.4) is 0 Å². The summed E-state index contributed by atoms with van der Waals surface area (Å²) in [6.07, 6.45) is 3.02. The maximum Gasteiger partial charge on any atom is 0.319 e. The summed E-state index contributed by atoms with van der Waals surface area (Å²) in [5.41, 5.74) is 0.647. The van der Waals surface area contributed by atoms with E-state index in [-0.39, 0.29) is 18.1 Å². The summed E-state index contributed by atoms with van der Waals surface area (Å²) in [6, 6.07) is -0.0330.